The quantitative estimate of drug-likeness (QED) is 0.624. The molecule has 4 heteroatoms. The van der Waals surface area contributed by atoms with Gasteiger partial charge in [0.25, 0.3) is 0 Å². The molecular formula is C8H8ClN3. The molecule has 0 bridgehead atoms. The lowest BCUT2D eigenvalue weighted by atomic mass is 10.0. The first-order chi connectivity index (χ1) is 5.79. The van der Waals surface area contributed by atoms with Crippen molar-refractivity contribution >= 4 is 17.4 Å². The Balaban J connectivity index is 2.58. The maximum Gasteiger partial charge on any atom is 0.138 e. The van der Waals surface area contributed by atoms with Crippen LogP contribution < -0.4 is 5.32 Å². The molecule has 0 saturated heterocycles. The van der Waals surface area contributed by atoms with Gasteiger partial charge in [0.1, 0.15) is 17.3 Å². The molecule has 1 aromatic rings. The molecule has 3 nitrogen and oxygen atoms in total. The van der Waals surface area contributed by atoms with E-state index >= 15 is 0 Å². The third-order valence-corrected chi connectivity index (χ3v) is 2.20. The van der Waals surface area contributed by atoms with Crippen molar-refractivity contribution in [3.05, 3.63) is 29.3 Å². The van der Waals surface area contributed by atoms with Gasteiger partial charge in [-0.1, -0.05) is 24.6 Å². The Bertz CT molecular complexity index is 335. The van der Waals surface area contributed by atoms with E-state index in [4.69, 9.17) is 11.6 Å². The van der Waals surface area contributed by atoms with Crippen molar-refractivity contribution in [1.82, 2.24) is 9.97 Å². The van der Waals surface area contributed by atoms with Crippen LogP contribution in [0.5, 0.6) is 0 Å². The molecule has 2 heterocycles. The summed E-state index contributed by atoms with van der Waals surface area (Å²) in [5, 5.41) is 3.55. The number of hydrogen-bond acceptors (Lipinski definition) is 3. The van der Waals surface area contributed by atoms with Gasteiger partial charge >= 0.3 is 0 Å². The van der Waals surface area contributed by atoms with Crippen LogP contribution in [0.3, 0.4) is 0 Å². The van der Waals surface area contributed by atoms with Crippen LogP contribution >= 0.6 is 11.6 Å². The Morgan fingerprint density at radius 2 is 2.33 bits per heavy atom. The van der Waals surface area contributed by atoms with Crippen molar-refractivity contribution in [2.45, 2.75) is 12.8 Å². The van der Waals surface area contributed by atoms with Crippen LogP contribution in [0.4, 0.5) is 5.82 Å². The zero-order chi connectivity index (χ0) is 8.55. The summed E-state index contributed by atoms with van der Waals surface area (Å²) in [6.07, 6.45) is 5.36. The third-order valence-electron chi connectivity index (χ3n) is 1.90. The summed E-state index contributed by atoms with van der Waals surface area (Å²) in [7, 11) is 0. The van der Waals surface area contributed by atoms with Crippen LogP contribution in [0, 0.1) is 0 Å². The fourth-order valence-corrected chi connectivity index (χ4v) is 1.57. The summed E-state index contributed by atoms with van der Waals surface area (Å²) in [4.78, 5) is 8.00. The summed E-state index contributed by atoms with van der Waals surface area (Å²) >= 11 is 5.91. The number of nitrogens with one attached hydrogen (secondary N) is 1. The monoisotopic (exact) mass is 181 g/mol. The van der Waals surface area contributed by atoms with Gasteiger partial charge in [-0.2, -0.15) is 0 Å². The molecule has 0 saturated carbocycles. The average Bonchev–Trinajstić information content (AvgIpc) is 2.04. The summed E-state index contributed by atoms with van der Waals surface area (Å²) in [6, 6.07) is 0. The minimum atomic E-state index is 0.287. The topological polar surface area (TPSA) is 37.8 Å². The van der Waals surface area contributed by atoms with Gasteiger partial charge in [0.05, 0.1) is 0 Å². The zero-order valence-electron chi connectivity index (χ0n) is 6.58. The molecule has 0 radical (unpaired) electrons. The second-order valence-electron chi connectivity index (χ2n) is 2.72. The predicted molar refractivity (Wildman–Crippen MR) is 48.2 cm³/mol. The fraction of sp³-hybridized carbons (Fsp3) is 0.250. The third kappa shape index (κ3) is 1.06. The summed E-state index contributed by atoms with van der Waals surface area (Å²) in [6.45, 7) is 2.06. The number of hydrogen-bond donors (Lipinski definition) is 1. The molecule has 0 spiro atoms. The van der Waals surface area contributed by atoms with Crippen molar-refractivity contribution in [3.63, 3.8) is 0 Å². The summed E-state index contributed by atoms with van der Waals surface area (Å²) < 4.78 is 0. The van der Waals surface area contributed by atoms with Crippen LogP contribution in [-0.2, 0) is 0 Å². The van der Waals surface area contributed by atoms with Crippen molar-refractivity contribution in [3.8, 4) is 0 Å². The number of nitrogens with zero attached hydrogens (tertiary/aromatic N) is 2. The Morgan fingerprint density at radius 3 is 3.08 bits per heavy atom. The molecule has 1 N–H and O–H groups in total. The van der Waals surface area contributed by atoms with E-state index in [1.54, 1.807) is 0 Å². The summed E-state index contributed by atoms with van der Waals surface area (Å²) in [5.41, 5.74) is 0.974. The van der Waals surface area contributed by atoms with Crippen molar-refractivity contribution in [2.24, 2.45) is 0 Å². The number of aromatic nitrogens is 2. The van der Waals surface area contributed by atoms with Crippen LogP contribution in [0.15, 0.2) is 18.6 Å². The Kier molecular flexibility index (Phi) is 1.73. The first-order valence-electron chi connectivity index (χ1n) is 3.72. The highest BCUT2D eigenvalue weighted by Gasteiger charge is 2.16. The zero-order valence-corrected chi connectivity index (χ0v) is 7.34. The highest BCUT2D eigenvalue weighted by atomic mass is 35.5. The Labute approximate surface area is 75.5 Å². The SMILES string of the molecule is C[C@@H]1C=CNc2ncnc(Cl)c21. The second kappa shape index (κ2) is 2.75. The van der Waals surface area contributed by atoms with E-state index in [-0.39, 0.29) is 5.92 Å². The molecule has 62 valence electrons. The maximum atomic E-state index is 5.91. The molecule has 1 aromatic heterocycles. The van der Waals surface area contributed by atoms with Crippen molar-refractivity contribution in [1.29, 1.82) is 0 Å². The second-order valence-corrected chi connectivity index (χ2v) is 3.08. The first kappa shape index (κ1) is 7.55. The van der Waals surface area contributed by atoms with E-state index in [1.165, 1.54) is 6.33 Å². The minimum Gasteiger partial charge on any atom is -0.347 e. The maximum absolute atomic E-state index is 5.91. The smallest absolute Gasteiger partial charge is 0.138 e. The highest BCUT2D eigenvalue weighted by molar-refractivity contribution is 6.30. The normalized spacial score (nSPS) is 20.0. The van der Waals surface area contributed by atoms with E-state index in [9.17, 15) is 0 Å². The van der Waals surface area contributed by atoms with Crippen LogP contribution in [0.25, 0.3) is 0 Å². The van der Waals surface area contributed by atoms with Crippen molar-refractivity contribution in [2.75, 3.05) is 5.32 Å². The van der Waals surface area contributed by atoms with E-state index in [0.717, 1.165) is 11.4 Å². The molecule has 0 aromatic carbocycles. The molecule has 2 rings (SSSR count). The van der Waals surface area contributed by atoms with Gasteiger partial charge < -0.3 is 5.32 Å². The Hall–Kier alpha value is -1.09. The van der Waals surface area contributed by atoms with Gasteiger partial charge in [0.15, 0.2) is 0 Å². The van der Waals surface area contributed by atoms with E-state index in [0.29, 0.717) is 5.15 Å². The largest absolute Gasteiger partial charge is 0.347 e. The Morgan fingerprint density at radius 1 is 1.50 bits per heavy atom. The molecule has 1 aliphatic heterocycles. The molecule has 0 aliphatic carbocycles. The number of fused-ring (bicyclic) bond motifs is 1. The molecule has 0 amide bonds. The molecule has 0 fully saturated rings. The number of allylic oxidation sites excluding steroid dienone is 1. The fourth-order valence-electron chi connectivity index (χ4n) is 1.26. The average molecular weight is 182 g/mol. The lowest BCUT2D eigenvalue weighted by molar-refractivity contribution is 0.918. The molecule has 0 unspecified atom stereocenters. The first-order valence-corrected chi connectivity index (χ1v) is 4.10. The van der Waals surface area contributed by atoms with Gasteiger partial charge in [0.2, 0.25) is 0 Å². The van der Waals surface area contributed by atoms with Crippen LogP contribution in [0.2, 0.25) is 5.15 Å². The molecule has 12 heavy (non-hydrogen) atoms. The molecular weight excluding hydrogens is 174 g/mol. The standard InChI is InChI=1S/C8H8ClN3/c1-5-2-3-10-8-6(5)7(9)11-4-12-8/h2-5H,1H3,(H,10,11,12)/t5-/m1/s1. The highest BCUT2D eigenvalue weighted by Crippen LogP contribution is 2.31. The molecule has 1 atom stereocenters. The van der Waals surface area contributed by atoms with E-state index in [1.807, 2.05) is 12.3 Å². The van der Waals surface area contributed by atoms with Gasteiger partial charge in [-0.15, -0.1) is 0 Å². The van der Waals surface area contributed by atoms with Crippen LogP contribution in [0.1, 0.15) is 18.4 Å². The van der Waals surface area contributed by atoms with Gasteiger partial charge in [0, 0.05) is 11.5 Å². The van der Waals surface area contributed by atoms with Crippen molar-refractivity contribution < 1.29 is 0 Å². The minimum absolute atomic E-state index is 0.287. The van der Waals surface area contributed by atoms with Crippen LogP contribution in [-0.4, -0.2) is 9.97 Å². The lowest BCUT2D eigenvalue weighted by Crippen LogP contribution is -2.07. The predicted octanol–water partition coefficient (Wildman–Crippen LogP) is 2.17. The number of halogens is 1. The van der Waals surface area contributed by atoms with E-state index < -0.39 is 0 Å². The lowest BCUT2D eigenvalue weighted by Gasteiger charge is -2.17. The number of anilines is 1. The van der Waals surface area contributed by atoms with E-state index in [2.05, 4.69) is 22.2 Å². The summed E-state index contributed by atoms with van der Waals surface area (Å²) in [5.74, 6) is 1.10. The van der Waals surface area contributed by atoms with Gasteiger partial charge in [-0.3, -0.25) is 0 Å². The van der Waals surface area contributed by atoms with Gasteiger partial charge in [-0.05, 0) is 6.20 Å². The molecule has 1 aliphatic rings. The van der Waals surface area contributed by atoms with Gasteiger partial charge in [-0.25, -0.2) is 9.97 Å². The number of rotatable bonds is 0.